The van der Waals surface area contributed by atoms with E-state index in [1.54, 1.807) is 0 Å². The number of carboxylic acids is 1. The molecule has 0 aromatic heterocycles. The summed E-state index contributed by atoms with van der Waals surface area (Å²) in [5, 5.41) is 14.8. The summed E-state index contributed by atoms with van der Waals surface area (Å²) < 4.78 is 4.50. The number of nitrogens with one attached hydrogen (secondary N) is 2. The fraction of sp³-hybridized carbons (Fsp3) is 0.833. The third kappa shape index (κ3) is 4.91. The van der Waals surface area contributed by atoms with Crippen LogP contribution in [0, 0.1) is 0 Å². The van der Waals surface area contributed by atoms with E-state index in [1.807, 2.05) is 11.8 Å². The maximum Gasteiger partial charge on any atom is 0.315 e. The second kappa shape index (κ2) is 7.00. The van der Waals surface area contributed by atoms with E-state index in [0.29, 0.717) is 5.25 Å². The van der Waals surface area contributed by atoms with Crippen LogP contribution in [-0.2, 0) is 9.53 Å². The highest BCUT2D eigenvalue weighted by Crippen LogP contribution is 2.33. The molecule has 3 aliphatic rings. The van der Waals surface area contributed by atoms with E-state index in [2.05, 4.69) is 15.4 Å². The van der Waals surface area contributed by atoms with E-state index < -0.39 is 5.97 Å². The second-order valence-corrected chi connectivity index (χ2v) is 6.15. The molecule has 19 heavy (non-hydrogen) atoms. The Balaban J connectivity index is 0.000000390. The lowest BCUT2D eigenvalue weighted by molar-refractivity contribution is -0.137. The first-order valence-electron chi connectivity index (χ1n) is 6.65. The molecule has 2 amide bonds. The number of hydrogen-bond acceptors (Lipinski definition) is 4. The number of rotatable bonds is 5. The van der Waals surface area contributed by atoms with Gasteiger partial charge in [-0.2, -0.15) is 11.8 Å². The molecule has 0 saturated carbocycles. The molecule has 3 saturated heterocycles. The molecule has 3 heterocycles. The van der Waals surface area contributed by atoms with Crippen molar-refractivity contribution in [2.75, 3.05) is 19.0 Å². The zero-order valence-electron chi connectivity index (χ0n) is 10.8. The zero-order chi connectivity index (χ0) is 13.7. The van der Waals surface area contributed by atoms with Gasteiger partial charge in [-0.3, -0.25) is 4.79 Å². The van der Waals surface area contributed by atoms with Crippen molar-refractivity contribution in [2.45, 2.75) is 43.0 Å². The summed E-state index contributed by atoms with van der Waals surface area (Å²) in [4.78, 5) is 21.5. The molecule has 6 nitrogen and oxygen atoms in total. The Kier molecular flexibility index (Phi) is 5.33. The Labute approximate surface area is 116 Å². The van der Waals surface area contributed by atoms with Crippen molar-refractivity contribution in [1.82, 2.24) is 10.6 Å². The van der Waals surface area contributed by atoms with Crippen molar-refractivity contribution in [3.05, 3.63) is 0 Å². The highest BCUT2D eigenvalue weighted by Gasteiger charge is 2.42. The number of carbonyl (C=O) groups excluding carboxylic acids is 1. The van der Waals surface area contributed by atoms with Crippen molar-refractivity contribution < 1.29 is 19.4 Å². The summed E-state index contributed by atoms with van der Waals surface area (Å²) in [6.45, 7) is 2.00. The molecule has 0 bridgehead atoms. The van der Waals surface area contributed by atoms with E-state index in [0.717, 1.165) is 38.2 Å². The molecule has 0 unspecified atom stereocenters. The fourth-order valence-corrected chi connectivity index (χ4v) is 3.81. The Morgan fingerprint density at radius 1 is 1.37 bits per heavy atom. The van der Waals surface area contributed by atoms with Crippen molar-refractivity contribution in [1.29, 1.82) is 0 Å². The first-order valence-corrected chi connectivity index (χ1v) is 7.70. The van der Waals surface area contributed by atoms with Crippen LogP contribution < -0.4 is 10.6 Å². The minimum Gasteiger partial charge on any atom is -0.481 e. The molecule has 0 aromatic rings. The number of carboxylic acid groups (broad SMARTS) is 1. The molecule has 0 aliphatic carbocycles. The van der Waals surface area contributed by atoms with Gasteiger partial charge in [0, 0.05) is 17.4 Å². The first-order chi connectivity index (χ1) is 9.16. The van der Waals surface area contributed by atoms with Crippen LogP contribution in [0.5, 0.6) is 0 Å². The van der Waals surface area contributed by atoms with Crippen LogP contribution in [-0.4, -0.2) is 53.4 Å². The number of epoxide rings is 1. The van der Waals surface area contributed by atoms with Crippen LogP contribution in [0.25, 0.3) is 0 Å². The number of urea groups is 1. The number of thioether (sulfide) groups is 1. The van der Waals surface area contributed by atoms with Gasteiger partial charge in [0.1, 0.15) is 0 Å². The topological polar surface area (TPSA) is 91.0 Å². The summed E-state index contributed by atoms with van der Waals surface area (Å²) in [7, 11) is 0. The number of aliphatic carboxylic acids is 1. The largest absolute Gasteiger partial charge is 0.481 e. The average molecular weight is 288 g/mol. The van der Waals surface area contributed by atoms with Gasteiger partial charge in [-0.1, -0.05) is 6.42 Å². The lowest BCUT2D eigenvalue weighted by Gasteiger charge is -2.16. The van der Waals surface area contributed by atoms with Gasteiger partial charge in [0.15, 0.2) is 0 Å². The number of fused-ring (bicyclic) bond motifs is 1. The predicted molar refractivity (Wildman–Crippen MR) is 72.4 cm³/mol. The van der Waals surface area contributed by atoms with Gasteiger partial charge in [0.2, 0.25) is 0 Å². The third-order valence-corrected chi connectivity index (χ3v) is 4.78. The summed E-state index contributed by atoms with van der Waals surface area (Å²) in [6, 6.07) is 0.440. The monoisotopic (exact) mass is 288 g/mol. The molecule has 7 heteroatoms. The molecular formula is C12H20N2O4S. The smallest absolute Gasteiger partial charge is 0.315 e. The number of amides is 2. The Hall–Kier alpha value is -0.950. The molecule has 0 radical (unpaired) electrons. The average Bonchev–Trinajstić information content (AvgIpc) is 3.12. The predicted octanol–water partition coefficient (Wildman–Crippen LogP) is 0.813. The molecule has 3 fully saturated rings. The molecule has 3 atom stereocenters. The highest BCUT2D eigenvalue weighted by molar-refractivity contribution is 8.00. The molecule has 108 valence electrons. The van der Waals surface area contributed by atoms with Gasteiger partial charge in [-0.25, -0.2) is 4.79 Å². The van der Waals surface area contributed by atoms with E-state index in [9.17, 15) is 9.59 Å². The van der Waals surface area contributed by atoms with Crippen LogP contribution >= 0.6 is 11.8 Å². The first kappa shape index (κ1) is 14.5. The van der Waals surface area contributed by atoms with Crippen molar-refractivity contribution in [3.8, 4) is 0 Å². The Morgan fingerprint density at radius 3 is 2.74 bits per heavy atom. The Morgan fingerprint density at radius 2 is 2.11 bits per heavy atom. The van der Waals surface area contributed by atoms with Gasteiger partial charge in [-0.15, -0.1) is 0 Å². The minimum atomic E-state index is -0.729. The molecule has 3 aliphatic heterocycles. The molecule has 3 N–H and O–H groups in total. The van der Waals surface area contributed by atoms with Gasteiger partial charge < -0.3 is 20.5 Å². The van der Waals surface area contributed by atoms with Crippen LogP contribution in [0.2, 0.25) is 0 Å². The molecular weight excluding hydrogens is 268 g/mol. The number of ether oxygens (including phenoxy) is 1. The summed E-state index contributed by atoms with van der Waals surface area (Å²) in [5.74, 6) is 0.236. The van der Waals surface area contributed by atoms with Crippen LogP contribution in [0.3, 0.4) is 0 Å². The fourth-order valence-electron chi connectivity index (χ4n) is 2.26. The highest BCUT2D eigenvalue weighted by atomic mass is 32.2. The summed E-state index contributed by atoms with van der Waals surface area (Å²) in [6.07, 6.45) is 2.88. The maximum absolute atomic E-state index is 11.1. The van der Waals surface area contributed by atoms with Crippen molar-refractivity contribution in [3.63, 3.8) is 0 Å². The molecule has 0 aromatic carbocycles. The third-order valence-electron chi connectivity index (χ3n) is 3.27. The molecule has 3 rings (SSSR count). The van der Waals surface area contributed by atoms with Crippen LogP contribution in [0.1, 0.15) is 25.7 Å². The maximum atomic E-state index is 11.1. The van der Waals surface area contributed by atoms with Gasteiger partial charge in [0.25, 0.3) is 0 Å². The Bertz CT molecular complexity index is 335. The van der Waals surface area contributed by atoms with Crippen LogP contribution in [0.15, 0.2) is 0 Å². The minimum absolute atomic E-state index is 0.0640. The summed E-state index contributed by atoms with van der Waals surface area (Å²) >= 11 is 1.87. The van der Waals surface area contributed by atoms with Crippen molar-refractivity contribution in [2.24, 2.45) is 0 Å². The molecule has 0 spiro atoms. The van der Waals surface area contributed by atoms with Gasteiger partial charge in [-0.05, 0) is 12.8 Å². The van der Waals surface area contributed by atoms with Crippen molar-refractivity contribution >= 4 is 23.8 Å². The standard InChI is InChI=1S/C10H16N2O3S.C2H4O/c13-8(14)4-2-1-3-7-9-6(5-16-7)11-10(15)12-9;1-2-3-1/h6-7,9H,1-5H2,(H,13,14)(H2,11,12,15);1-2H2/t6-,7-,9-;/m0./s1. The van der Waals surface area contributed by atoms with E-state index in [4.69, 9.17) is 5.11 Å². The summed E-state index contributed by atoms with van der Waals surface area (Å²) in [5.41, 5.74) is 0. The lowest BCUT2D eigenvalue weighted by atomic mass is 10.0. The SMILES string of the molecule is C1CO1.O=C(O)CCCC[C@@H]1SC[C@@H]2NC(=O)N[C@@H]21. The van der Waals surface area contributed by atoms with Gasteiger partial charge >= 0.3 is 12.0 Å². The van der Waals surface area contributed by atoms with E-state index in [1.165, 1.54) is 0 Å². The normalized spacial score (nSPS) is 30.7. The number of carbonyl (C=O) groups is 2. The van der Waals surface area contributed by atoms with Gasteiger partial charge in [0.05, 0.1) is 25.3 Å². The number of unbranched alkanes of at least 4 members (excludes halogenated alkanes) is 1. The van der Waals surface area contributed by atoms with E-state index in [-0.39, 0.29) is 24.5 Å². The second-order valence-electron chi connectivity index (χ2n) is 4.87. The quantitative estimate of drug-likeness (QED) is 0.396. The van der Waals surface area contributed by atoms with E-state index >= 15 is 0 Å². The van der Waals surface area contributed by atoms with Crippen LogP contribution in [0.4, 0.5) is 4.79 Å². The zero-order valence-corrected chi connectivity index (χ0v) is 11.6. The lowest BCUT2D eigenvalue weighted by Crippen LogP contribution is -2.36. The number of hydrogen-bond donors (Lipinski definition) is 3.